The zero-order chi connectivity index (χ0) is 14.0. The van der Waals surface area contributed by atoms with Crippen molar-refractivity contribution in [2.75, 3.05) is 6.54 Å². The average molecular weight is 285 g/mol. The van der Waals surface area contributed by atoms with E-state index in [1.807, 2.05) is 6.92 Å². The van der Waals surface area contributed by atoms with Crippen LogP contribution in [0.1, 0.15) is 30.6 Å². The lowest BCUT2D eigenvalue weighted by molar-refractivity contribution is 0.0893. The molecule has 2 rings (SSSR count). The molecule has 1 saturated heterocycles. The molecule has 1 heterocycles. The lowest BCUT2D eigenvalue weighted by Crippen LogP contribution is -2.56. The standard InChI is InChI=1S/C14H18ClFN2O/c1-8-5-6-17-9(2)13(8)18-14(19)11-4-3-10(15)7-12(11)16/h3-4,7-9,13,17H,5-6H2,1-2H3,(H,18,19). The average Bonchev–Trinajstić information content (AvgIpc) is 2.33. The second-order valence-corrected chi connectivity index (χ2v) is 5.57. The monoisotopic (exact) mass is 284 g/mol. The summed E-state index contributed by atoms with van der Waals surface area (Å²) in [6.07, 6.45) is 0.998. The van der Waals surface area contributed by atoms with Crippen LogP contribution < -0.4 is 10.6 Å². The van der Waals surface area contributed by atoms with Crippen LogP contribution in [0.2, 0.25) is 5.02 Å². The number of carbonyl (C=O) groups excluding carboxylic acids is 1. The third kappa shape index (κ3) is 3.25. The van der Waals surface area contributed by atoms with Gasteiger partial charge in [-0.3, -0.25) is 4.79 Å². The Morgan fingerprint density at radius 1 is 1.47 bits per heavy atom. The number of carbonyl (C=O) groups is 1. The van der Waals surface area contributed by atoms with Gasteiger partial charge in [-0.1, -0.05) is 18.5 Å². The van der Waals surface area contributed by atoms with Gasteiger partial charge in [-0.15, -0.1) is 0 Å². The van der Waals surface area contributed by atoms with Gasteiger partial charge in [-0.25, -0.2) is 4.39 Å². The van der Waals surface area contributed by atoms with Gasteiger partial charge in [-0.05, 0) is 44.0 Å². The maximum atomic E-state index is 13.7. The molecule has 1 aliphatic heterocycles. The van der Waals surface area contributed by atoms with Crippen LogP contribution in [0.15, 0.2) is 18.2 Å². The number of halogens is 2. The van der Waals surface area contributed by atoms with Crippen LogP contribution in [-0.4, -0.2) is 24.5 Å². The summed E-state index contributed by atoms with van der Waals surface area (Å²) in [6, 6.07) is 4.28. The van der Waals surface area contributed by atoms with E-state index < -0.39 is 5.82 Å². The molecule has 5 heteroatoms. The first kappa shape index (κ1) is 14.3. The van der Waals surface area contributed by atoms with Gasteiger partial charge in [0.15, 0.2) is 0 Å². The van der Waals surface area contributed by atoms with Gasteiger partial charge in [0, 0.05) is 17.1 Å². The van der Waals surface area contributed by atoms with Crippen molar-refractivity contribution in [2.24, 2.45) is 5.92 Å². The van der Waals surface area contributed by atoms with Gasteiger partial charge >= 0.3 is 0 Å². The van der Waals surface area contributed by atoms with Gasteiger partial charge in [0.1, 0.15) is 5.82 Å². The van der Waals surface area contributed by atoms with Crippen LogP contribution in [-0.2, 0) is 0 Å². The third-order valence-electron chi connectivity index (χ3n) is 3.69. The van der Waals surface area contributed by atoms with E-state index >= 15 is 0 Å². The summed E-state index contributed by atoms with van der Waals surface area (Å²) in [5.41, 5.74) is 0.0365. The summed E-state index contributed by atoms with van der Waals surface area (Å²) in [5, 5.41) is 6.51. The normalized spacial score (nSPS) is 27.1. The van der Waals surface area contributed by atoms with Crippen molar-refractivity contribution in [3.63, 3.8) is 0 Å². The molecule has 0 bridgehead atoms. The van der Waals surface area contributed by atoms with E-state index in [1.54, 1.807) is 0 Å². The molecule has 1 aliphatic rings. The minimum absolute atomic E-state index is 0.0105. The minimum atomic E-state index is -0.589. The van der Waals surface area contributed by atoms with E-state index in [2.05, 4.69) is 17.6 Å². The van der Waals surface area contributed by atoms with E-state index in [0.29, 0.717) is 5.92 Å². The highest BCUT2D eigenvalue weighted by molar-refractivity contribution is 6.30. The van der Waals surface area contributed by atoms with E-state index in [1.165, 1.54) is 12.1 Å². The Morgan fingerprint density at radius 2 is 2.21 bits per heavy atom. The third-order valence-corrected chi connectivity index (χ3v) is 3.93. The summed E-state index contributed by atoms with van der Waals surface area (Å²) < 4.78 is 13.7. The lowest BCUT2D eigenvalue weighted by atomic mass is 9.89. The highest BCUT2D eigenvalue weighted by atomic mass is 35.5. The zero-order valence-corrected chi connectivity index (χ0v) is 11.8. The molecule has 3 nitrogen and oxygen atoms in total. The topological polar surface area (TPSA) is 41.1 Å². The molecule has 1 aromatic rings. The first-order valence-electron chi connectivity index (χ1n) is 6.48. The number of benzene rings is 1. The molecule has 0 aromatic heterocycles. The summed E-state index contributed by atoms with van der Waals surface area (Å²) in [6.45, 7) is 5.07. The van der Waals surface area contributed by atoms with Crippen LogP contribution in [0.4, 0.5) is 4.39 Å². The summed E-state index contributed by atoms with van der Waals surface area (Å²) >= 11 is 5.68. The fraction of sp³-hybridized carbons (Fsp3) is 0.500. The molecule has 3 unspecified atom stereocenters. The Balaban J connectivity index is 2.11. The maximum Gasteiger partial charge on any atom is 0.254 e. The number of rotatable bonds is 2. The molecular weight excluding hydrogens is 267 g/mol. The molecule has 0 spiro atoms. The van der Waals surface area contributed by atoms with E-state index in [0.717, 1.165) is 19.0 Å². The van der Waals surface area contributed by atoms with Crippen LogP contribution in [0.25, 0.3) is 0 Å². The van der Waals surface area contributed by atoms with E-state index in [-0.39, 0.29) is 28.6 Å². The Kier molecular flexibility index (Phi) is 4.42. The number of piperidine rings is 1. The van der Waals surface area contributed by atoms with Gasteiger partial charge in [0.25, 0.3) is 5.91 Å². The number of hydrogen-bond donors (Lipinski definition) is 2. The molecule has 1 fully saturated rings. The molecule has 3 atom stereocenters. The van der Waals surface area contributed by atoms with Crippen molar-refractivity contribution in [3.8, 4) is 0 Å². The summed E-state index contributed by atoms with van der Waals surface area (Å²) in [7, 11) is 0. The number of nitrogens with one attached hydrogen (secondary N) is 2. The zero-order valence-electron chi connectivity index (χ0n) is 11.0. The van der Waals surface area contributed by atoms with Crippen molar-refractivity contribution in [1.82, 2.24) is 10.6 Å². The predicted octanol–water partition coefficient (Wildman–Crippen LogP) is 2.60. The fourth-order valence-electron chi connectivity index (χ4n) is 2.51. The van der Waals surface area contributed by atoms with Crippen molar-refractivity contribution in [1.29, 1.82) is 0 Å². The summed E-state index contributed by atoms with van der Waals surface area (Å²) in [4.78, 5) is 12.1. The quantitative estimate of drug-likeness (QED) is 0.876. The van der Waals surface area contributed by atoms with Crippen molar-refractivity contribution in [2.45, 2.75) is 32.4 Å². The molecular formula is C14H18ClFN2O. The Bertz CT molecular complexity index is 471. The Hall–Kier alpha value is -1.13. The van der Waals surface area contributed by atoms with Crippen LogP contribution in [0, 0.1) is 11.7 Å². The maximum absolute atomic E-state index is 13.7. The van der Waals surface area contributed by atoms with Crippen molar-refractivity contribution < 1.29 is 9.18 Å². The first-order chi connectivity index (χ1) is 8.99. The SMILES string of the molecule is CC1CCNC(C)C1NC(=O)c1ccc(Cl)cc1F. The second-order valence-electron chi connectivity index (χ2n) is 5.13. The van der Waals surface area contributed by atoms with E-state index in [9.17, 15) is 9.18 Å². The van der Waals surface area contributed by atoms with Crippen LogP contribution in [0.3, 0.4) is 0 Å². The van der Waals surface area contributed by atoms with Gasteiger partial charge in [0.05, 0.1) is 5.56 Å². The largest absolute Gasteiger partial charge is 0.347 e. The molecule has 2 N–H and O–H groups in total. The summed E-state index contributed by atoms with van der Waals surface area (Å²) in [5.74, 6) is -0.605. The number of hydrogen-bond acceptors (Lipinski definition) is 2. The van der Waals surface area contributed by atoms with Crippen molar-refractivity contribution >= 4 is 17.5 Å². The molecule has 0 radical (unpaired) electrons. The lowest BCUT2D eigenvalue weighted by Gasteiger charge is -2.36. The van der Waals surface area contributed by atoms with Crippen LogP contribution in [0.5, 0.6) is 0 Å². The van der Waals surface area contributed by atoms with Crippen LogP contribution >= 0.6 is 11.6 Å². The number of amides is 1. The van der Waals surface area contributed by atoms with Gasteiger partial charge in [0.2, 0.25) is 0 Å². The molecule has 104 valence electrons. The molecule has 0 saturated carbocycles. The second kappa shape index (κ2) is 5.88. The highest BCUT2D eigenvalue weighted by Crippen LogP contribution is 2.18. The van der Waals surface area contributed by atoms with Crippen molar-refractivity contribution in [3.05, 3.63) is 34.6 Å². The highest BCUT2D eigenvalue weighted by Gasteiger charge is 2.29. The Morgan fingerprint density at radius 3 is 2.84 bits per heavy atom. The molecule has 1 amide bonds. The first-order valence-corrected chi connectivity index (χ1v) is 6.86. The fourth-order valence-corrected chi connectivity index (χ4v) is 2.67. The van der Waals surface area contributed by atoms with E-state index in [4.69, 9.17) is 11.6 Å². The smallest absolute Gasteiger partial charge is 0.254 e. The molecule has 19 heavy (non-hydrogen) atoms. The predicted molar refractivity (Wildman–Crippen MR) is 73.9 cm³/mol. The van der Waals surface area contributed by atoms with Gasteiger partial charge in [-0.2, -0.15) is 0 Å². The Labute approximate surface area is 117 Å². The van der Waals surface area contributed by atoms with Gasteiger partial charge < -0.3 is 10.6 Å². The molecule has 1 aromatic carbocycles. The molecule has 0 aliphatic carbocycles. The minimum Gasteiger partial charge on any atom is -0.347 e.